The predicted octanol–water partition coefficient (Wildman–Crippen LogP) is 4.10. The van der Waals surface area contributed by atoms with Gasteiger partial charge in [-0.3, -0.25) is 4.98 Å². The Morgan fingerprint density at radius 3 is 2.85 bits per heavy atom. The molecule has 0 saturated heterocycles. The maximum atomic E-state index is 11.2. The summed E-state index contributed by atoms with van der Waals surface area (Å²) in [6.07, 6.45) is 6.96. The van der Waals surface area contributed by atoms with Crippen LogP contribution in [-0.4, -0.2) is 40.8 Å². The van der Waals surface area contributed by atoms with Crippen molar-refractivity contribution in [3.63, 3.8) is 0 Å². The van der Waals surface area contributed by atoms with Crippen LogP contribution in [0.15, 0.2) is 36.7 Å². The van der Waals surface area contributed by atoms with Crippen molar-refractivity contribution in [2.45, 2.75) is 26.2 Å². The molecule has 0 fully saturated rings. The van der Waals surface area contributed by atoms with Gasteiger partial charge >= 0.3 is 5.97 Å². The van der Waals surface area contributed by atoms with E-state index in [-0.39, 0.29) is 5.56 Å². The van der Waals surface area contributed by atoms with Crippen LogP contribution in [0.1, 0.15) is 36.5 Å². The fourth-order valence-electron chi connectivity index (χ4n) is 2.91. The van der Waals surface area contributed by atoms with E-state index in [0.717, 1.165) is 35.0 Å². The molecule has 2 heterocycles. The zero-order valence-corrected chi connectivity index (χ0v) is 14.9. The molecule has 136 valence electrons. The number of nitrogens with zero attached hydrogens (tertiary/aromatic N) is 2. The first-order chi connectivity index (χ1) is 12.7. The third-order valence-electron chi connectivity index (χ3n) is 4.27. The normalized spacial score (nSPS) is 11.1. The standard InChI is InChI=1S/C20H23N3O3/c1-2-3-4-10-26-11-9-22-19-16-7-8-21-13-17(16)15-6-5-14(20(24)25)12-18(15)23-19/h5-8,12-13H,2-4,9-11H2,1H3,(H,22,23)(H,24,25). The van der Waals surface area contributed by atoms with Crippen molar-refractivity contribution in [2.75, 3.05) is 25.1 Å². The lowest BCUT2D eigenvalue weighted by atomic mass is 10.1. The molecule has 26 heavy (non-hydrogen) atoms. The summed E-state index contributed by atoms with van der Waals surface area (Å²) in [6, 6.07) is 6.89. The van der Waals surface area contributed by atoms with Crippen molar-refractivity contribution in [3.05, 3.63) is 42.2 Å². The van der Waals surface area contributed by atoms with Crippen molar-refractivity contribution in [1.82, 2.24) is 9.97 Å². The highest BCUT2D eigenvalue weighted by atomic mass is 16.5. The zero-order chi connectivity index (χ0) is 18.4. The Kier molecular flexibility index (Phi) is 5.96. The van der Waals surface area contributed by atoms with Crippen LogP contribution < -0.4 is 5.32 Å². The van der Waals surface area contributed by atoms with Crippen LogP contribution in [0.25, 0.3) is 21.7 Å². The first kappa shape index (κ1) is 18.1. The monoisotopic (exact) mass is 353 g/mol. The van der Waals surface area contributed by atoms with Gasteiger partial charge in [0.1, 0.15) is 5.82 Å². The maximum Gasteiger partial charge on any atom is 0.335 e. The van der Waals surface area contributed by atoms with Gasteiger partial charge in [-0.1, -0.05) is 25.8 Å². The Balaban J connectivity index is 1.82. The highest BCUT2D eigenvalue weighted by Gasteiger charge is 2.11. The van der Waals surface area contributed by atoms with E-state index in [4.69, 9.17) is 4.74 Å². The molecule has 3 aromatic rings. The number of hydrogen-bond acceptors (Lipinski definition) is 5. The molecule has 0 bridgehead atoms. The Morgan fingerprint density at radius 2 is 2.04 bits per heavy atom. The van der Waals surface area contributed by atoms with E-state index < -0.39 is 5.97 Å². The lowest BCUT2D eigenvalue weighted by Gasteiger charge is -2.12. The number of benzene rings is 1. The highest BCUT2D eigenvalue weighted by Crippen LogP contribution is 2.29. The van der Waals surface area contributed by atoms with Gasteiger partial charge in [0.15, 0.2) is 0 Å². The topological polar surface area (TPSA) is 84.3 Å². The van der Waals surface area contributed by atoms with E-state index >= 15 is 0 Å². The molecule has 1 aromatic carbocycles. The second-order valence-corrected chi connectivity index (χ2v) is 6.17. The summed E-state index contributed by atoms with van der Waals surface area (Å²) in [5.41, 5.74) is 0.857. The summed E-state index contributed by atoms with van der Waals surface area (Å²) in [6.45, 7) is 4.18. The predicted molar refractivity (Wildman–Crippen MR) is 103 cm³/mol. The number of nitrogens with one attached hydrogen (secondary N) is 1. The van der Waals surface area contributed by atoms with Gasteiger partial charge in [0.2, 0.25) is 0 Å². The number of anilines is 1. The third-order valence-corrected chi connectivity index (χ3v) is 4.27. The molecule has 0 atom stereocenters. The van der Waals surface area contributed by atoms with Crippen molar-refractivity contribution in [3.8, 4) is 0 Å². The molecule has 6 heteroatoms. The van der Waals surface area contributed by atoms with Gasteiger partial charge in [-0.25, -0.2) is 9.78 Å². The fraction of sp³-hybridized carbons (Fsp3) is 0.350. The SMILES string of the molecule is CCCCCOCCNc1nc2cc(C(=O)O)ccc2c2cnccc12. The summed E-state index contributed by atoms with van der Waals surface area (Å²) in [4.78, 5) is 20.1. The van der Waals surface area contributed by atoms with Crippen LogP contribution in [-0.2, 0) is 4.74 Å². The summed E-state index contributed by atoms with van der Waals surface area (Å²) in [7, 11) is 0. The molecule has 0 aliphatic heterocycles. The van der Waals surface area contributed by atoms with E-state index in [1.54, 1.807) is 30.6 Å². The van der Waals surface area contributed by atoms with Gasteiger partial charge in [0, 0.05) is 41.7 Å². The highest BCUT2D eigenvalue weighted by molar-refractivity contribution is 6.10. The second kappa shape index (κ2) is 8.58. The van der Waals surface area contributed by atoms with Crippen LogP contribution in [0.4, 0.5) is 5.82 Å². The molecular weight excluding hydrogens is 330 g/mol. The number of fused-ring (bicyclic) bond motifs is 3. The van der Waals surface area contributed by atoms with Gasteiger partial charge in [-0.2, -0.15) is 0 Å². The lowest BCUT2D eigenvalue weighted by molar-refractivity contribution is 0.0697. The largest absolute Gasteiger partial charge is 0.478 e. The van der Waals surface area contributed by atoms with Crippen molar-refractivity contribution >= 4 is 33.5 Å². The number of carboxylic acid groups (broad SMARTS) is 1. The van der Waals surface area contributed by atoms with Gasteiger partial charge in [0.05, 0.1) is 17.7 Å². The number of unbranched alkanes of at least 4 members (excludes halogenated alkanes) is 2. The van der Waals surface area contributed by atoms with Gasteiger partial charge < -0.3 is 15.2 Å². The first-order valence-corrected chi connectivity index (χ1v) is 8.93. The molecule has 0 aliphatic carbocycles. The number of aromatic nitrogens is 2. The van der Waals surface area contributed by atoms with E-state index in [1.165, 1.54) is 12.8 Å². The maximum absolute atomic E-state index is 11.2. The second-order valence-electron chi connectivity index (χ2n) is 6.17. The first-order valence-electron chi connectivity index (χ1n) is 8.93. The molecule has 0 saturated carbocycles. The van der Waals surface area contributed by atoms with Crippen molar-refractivity contribution < 1.29 is 14.6 Å². The minimum Gasteiger partial charge on any atom is -0.478 e. The van der Waals surface area contributed by atoms with E-state index in [2.05, 4.69) is 22.2 Å². The summed E-state index contributed by atoms with van der Waals surface area (Å²) in [5.74, 6) is -0.246. The summed E-state index contributed by atoms with van der Waals surface area (Å²) < 4.78 is 5.63. The van der Waals surface area contributed by atoms with Gasteiger partial charge in [0.25, 0.3) is 0 Å². The average molecular weight is 353 g/mol. The van der Waals surface area contributed by atoms with Crippen LogP contribution in [0.5, 0.6) is 0 Å². The number of rotatable bonds is 9. The van der Waals surface area contributed by atoms with E-state index in [0.29, 0.717) is 18.7 Å². The molecule has 0 radical (unpaired) electrons. The van der Waals surface area contributed by atoms with E-state index in [9.17, 15) is 9.90 Å². The molecule has 6 nitrogen and oxygen atoms in total. The number of carboxylic acids is 1. The Labute approximate surface area is 152 Å². The zero-order valence-electron chi connectivity index (χ0n) is 14.9. The molecule has 2 aromatic heterocycles. The minimum atomic E-state index is -0.963. The molecule has 0 unspecified atom stereocenters. The Bertz CT molecular complexity index is 911. The van der Waals surface area contributed by atoms with Crippen molar-refractivity contribution in [2.24, 2.45) is 0 Å². The molecular formula is C20H23N3O3. The fourth-order valence-corrected chi connectivity index (χ4v) is 2.91. The van der Waals surface area contributed by atoms with Crippen LogP contribution in [0, 0.1) is 0 Å². The molecule has 2 N–H and O–H groups in total. The van der Waals surface area contributed by atoms with Gasteiger partial charge in [-0.15, -0.1) is 0 Å². The smallest absolute Gasteiger partial charge is 0.335 e. The summed E-state index contributed by atoms with van der Waals surface area (Å²) >= 11 is 0. The van der Waals surface area contributed by atoms with Crippen LogP contribution >= 0.6 is 0 Å². The number of carbonyl (C=O) groups is 1. The number of aromatic carboxylic acids is 1. The number of ether oxygens (including phenoxy) is 1. The third kappa shape index (κ3) is 4.08. The average Bonchev–Trinajstić information content (AvgIpc) is 2.66. The lowest BCUT2D eigenvalue weighted by Crippen LogP contribution is -2.11. The molecule has 0 spiro atoms. The van der Waals surface area contributed by atoms with Crippen LogP contribution in [0.2, 0.25) is 0 Å². The number of hydrogen-bond donors (Lipinski definition) is 2. The summed E-state index contributed by atoms with van der Waals surface area (Å²) in [5, 5.41) is 15.3. The molecule has 0 aliphatic rings. The Hall–Kier alpha value is -2.73. The van der Waals surface area contributed by atoms with Crippen LogP contribution in [0.3, 0.4) is 0 Å². The minimum absolute atomic E-state index is 0.221. The Morgan fingerprint density at radius 1 is 1.15 bits per heavy atom. The van der Waals surface area contributed by atoms with E-state index in [1.807, 2.05) is 6.07 Å². The van der Waals surface area contributed by atoms with Gasteiger partial charge in [-0.05, 0) is 24.6 Å². The molecule has 3 rings (SSSR count). The van der Waals surface area contributed by atoms with Crippen molar-refractivity contribution in [1.29, 1.82) is 0 Å². The molecule has 0 amide bonds. The quantitative estimate of drug-likeness (QED) is 0.445. The number of pyridine rings is 2.